The zero-order valence-corrected chi connectivity index (χ0v) is 20.8. The molecular weight excluding hydrogens is 484 g/mol. The number of para-hydroxylation sites is 1. The molecule has 5 rings (SSSR count). The maximum atomic E-state index is 13.3. The van der Waals surface area contributed by atoms with Crippen LogP contribution in [0.4, 0.5) is 5.69 Å². The van der Waals surface area contributed by atoms with E-state index in [2.05, 4.69) is 11.9 Å². The number of halogens is 1. The number of aromatic nitrogens is 3. The Kier molecular flexibility index (Phi) is 6.49. The zero-order valence-electron chi connectivity index (χ0n) is 19.3. The maximum Gasteiger partial charge on any atom is 0.325 e. The number of thioether (sulfide) groups is 1. The number of furan rings is 1. The molecule has 0 radical (unpaired) electrons. The van der Waals surface area contributed by atoms with Crippen LogP contribution in [0.15, 0.2) is 70.2 Å². The first kappa shape index (κ1) is 23.4. The zero-order chi connectivity index (χ0) is 24.5. The first-order valence-corrected chi connectivity index (χ1v) is 12.7. The molecule has 9 heteroatoms. The molecule has 0 spiro atoms. The third kappa shape index (κ3) is 4.39. The fourth-order valence-corrected chi connectivity index (χ4v) is 5.29. The van der Waals surface area contributed by atoms with E-state index in [0.717, 1.165) is 24.2 Å². The fourth-order valence-electron chi connectivity index (χ4n) is 4.19. The number of nitrogens with zero attached hydrogens (tertiary/aromatic N) is 4. The van der Waals surface area contributed by atoms with Crippen molar-refractivity contribution in [3.05, 3.63) is 71.4 Å². The van der Waals surface area contributed by atoms with E-state index in [1.54, 1.807) is 21.7 Å². The molecule has 3 heterocycles. The van der Waals surface area contributed by atoms with Gasteiger partial charge < -0.3 is 9.52 Å². The lowest BCUT2D eigenvalue weighted by molar-refractivity contribution is -0.765. The molecule has 4 aromatic rings. The Labute approximate surface area is 212 Å². The summed E-state index contributed by atoms with van der Waals surface area (Å²) in [5, 5.41) is 19.0. The lowest BCUT2D eigenvalue weighted by Gasteiger charge is -2.31. The average molecular weight is 507 g/mol. The maximum absolute atomic E-state index is 13.3. The Morgan fingerprint density at radius 2 is 2.03 bits per heavy atom. The van der Waals surface area contributed by atoms with Gasteiger partial charge in [-0.2, -0.15) is 0 Å². The quantitative estimate of drug-likeness (QED) is 0.202. The summed E-state index contributed by atoms with van der Waals surface area (Å²) in [5.74, 6) is 1.28. The summed E-state index contributed by atoms with van der Waals surface area (Å²) >= 11 is 7.60. The third-order valence-corrected chi connectivity index (χ3v) is 6.93. The molecule has 0 bridgehead atoms. The van der Waals surface area contributed by atoms with Crippen LogP contribution >= 0.6 is 23.4 Å². The van der Waals surface area contributed by atoms with Gasteiger partial charge in [0.05, 0.1) is 17.1 Å². The lowest BCUT2D eigenvalue weighted by Crippen LogP contribution is -2.58. The Morgan fingerprint density at radius 3 is 2.80 bits per heavy atom. The molecule has 35 heavy (non-hydrogen) atoms. The molecule has 2 aromatic carbocycles. The van der Waals surface area contributed by atoms with Crippen molar-refractivity contribution in [3.63, 3.8) is 0 Å². The molecule has 2 aromatic heterocycles. The van der Waals surface area contributed by atoms with Crippen LogP contribution in [0.2, 0.25) is 5.02 Å². The van der Waals surface area contributed by atoms with E-state index >= 15 is 0 Å². The molecule has 1 aliphatic heterocycles. The number of hydrogen-bond acceptors (Lipinski definition) is 6. The summed E-state index contributed by atoms with van der Waals surface area (Å²) in [5.41, 5.74) is 2.35. The van der Waals surface area contributed by atoms with Crippen molar-refractivity contribution >= 4 is 35.0 Å². The summed E-state index contributed by atoms with van der Waals surface area (Å²) in [6, 6.07) is 18.3. The van der Waals surface area contributed by atoms with Crippen LogP contribution in [-0.2, 0) is 4.79 Å². The topological polar surface area (TPSA) is 86.2 Å². The largest absolute Gasteiger partial charge is 0.854 e. The molecule has 1 amide bonds. The number of unbranched alkanes of at least 4 members (excludes halogenated alkanes) is 1. The second-order valence-electron chi connectivity index (χ2n) is 8.19. The average Bonchev–Trinajstić information content (AvgIpc) is 3.33. The van der Waals surface area contributed by atoms with Gasteiger partial charge >= 0.3 is 6.17 Å². The number of benzene rings is 2. The van der Waals surface area contributed by atoms with Crippen molar-refractivity contribution in [2.45, 2.75) is 38.0 Å². The van der Waals surface area contributed by atoms with Gasteiger partial charge in [-0.15, -0.1) is 0 Å². The predicted molar refractivity (Wildman–Crippen MR) is 133 cm³/mol. The van der Waals surface area contributed by atoms with Gasteiger partial charge in [-0.3, -0.25) is 4.79 Å². The van der Waals surface area contributed by atoms with Crippen molar-refractivity contribution in [1.29, 1.82) is 0 Å². The van der Waals surface area contributed by atoms with Gasteiger partial charge in [0.2, 0.25) is 5.91 Å². The number of hydrogen-bond donors (Lipinski definition) is 0. The van der Waals surface area contributed by atoms with E-state index in [1.807, 2.05) is 48.5 Å². The number of carbonyl (C=O) groups is 1. The van der Waals surface area contributed by atoms with Gasteiger partial charge in [-0.1, -0.05) is 61.0 Å². The smallest absolute Gasteiger partial charge is 0.325 e. The Hall–Kier alpha value is -3.36. The molecule has 0 saturated heterocycles. The van der Waals surface area contributed by atoms with Crippen molar-refractivity contribution in [1.82, 2.24) is 10.1 Å². The second kappa shape index (κ2) is 9.71. The first-order valence-electron chi connectivity index (χ1n) is 11.4. The van der Waals surface area contributed by atoms with Crippen LogP contribution in [-0.4, -0.2) is 21.7 Å². The number of rotatable bonds is 6. The molecule has 178 valence electrons. The summed E-state index contributed by atoms with van der Waals surface area (Å²) in [6.07, 6.45) is 1.23. The predicted octanol–water partition coefficient (Wildman–Crippen LogP) is 5.22. The first-order chi connectivity index (χ1) is 17.0. The molecule has 0 aliphatic carbocycles. The van der Waals surface area contributed by atoms with Gasteiger partial charge in [0.25, 0.3) is 10.9 Å². The summed E-state index contributed by atoms with van der Waals surface area (Å²) in [6.45, 7) is 3.60. The highest BCUT2D eigenvalue weighted by Gasteiger charge is 2.45. The minimum atomic E-state index is -0.786. The van der Waals surface area contributed by atoms with Gasteiger partial charge in [0, 0.05) is 28.4 Å². The number of anilines is 1. The number of fused-ring (bicyclic) bond motifs is 3. The Balaban J connectivity index is 1.69. The van der Waals surface area contributed by atoms with Crippen LogP contribution in [0.5, 0.6) is 5.88 Å². The van der Waals surface area contributed by atoms with Gasteiger partial charge in [-0.05, 0) is 47.5 Å². The van der Waals surface area contributed by atoms with Gasteiger partial charge in [0.1, 0.15) is 5.76 Å². The summed E-state index contributed by atoms with van der Waals surface area (Å²) in [4.78, 5) is 18.8. The van der Waals surface area contributed by atoms with Crippen LogP contribution in [0.1, 0.15) is 38.6 Å². The monoisotopic (exact) mass is 506 g/mol. The molecular formula is C26H23ClN4O3S. The highest BCUT2D eigenvalue weighted by Crippen LogP contribution is 2.41. The van der Waals surface area contributed by atoms with Crippen LogP contribution in [0, 0.1) is 0 Å². The summed E-state index contributed by atoms with van der Waals surface area (Å²) < 4.78 is 7.83. The Bertz CT molecular complexity index is 1410. The lowest BCUT2D eigenvalue weighted by atomic mass is 10.0. The molecule has 0 fully saturated rings. The molecule has 0 saturated carbocycles. The minimum absolute atomic E-state index is 0.201. The number of carbonyl (C=O) groups excluding carboxylic acids is 1. The van der Waals surface area contributed by atoms with Crippen LogP contribution in [0.3, 0.4) is 0 Å². The van der Waals surface area contributed by atoms with Gasteiger partial charge in [-0.25, -0.2) is 9.88 Å². The van der Waals surface area contributed by atoms with E-state index in [1.165, 1.54) is 18.7 Å². The van der Waals surface area contributed by atoms with E-state index < -0.39 is 6.17 Å². The SMILES string of the molecule is CCCCSc1nc([O-])c2[n+](n1)C(c1ccc(-c3cccc(Cl)c3)o1)N(C(C)=O)c1ccccc1-2. The standard InChI is InChI=1S/C26H23ClN4O3S/c1-3-4-14-35-26-28-24(33)23-19-10-5-6-11-20(19)30(16(2)32)25(31(23)29-26)22-13-12-21(34-22)17-8-7-9-18(27)15-17/h5-13,15,25H,3-4,14H2,1-2H3. The van der Waals surface area contributed by atoms with E-state index in [9.17, 15) is 9.90 Å². The molecule has 1 aliphatic rings. The van der Waals surface area contributed by atoms with Gasteiger partial charge in [0.15, 0.2) is 5.76 Å². The minimum Gasteiger partial charge on any atom is -0.854 e. The van der Waals surface area contributed by atoms with E-state index in [4.69, 9.17) is 21.1 Å². The fraction of sp³-hybridized carbons (Fsp3) is 0.231. The van der Waals surface area contributed by atoms with Crippen molar-refractivity contribution < 1.29 is 19.0 Å². The van der Waals surface area contributed by atoms with E-state index in [-0.39, 0.29) is 11.8 Å². The molecule has 7 nitrogen and oxygen atoms in total. The van der Waals surface area contributed by atoms with Crippen LogP contribution in [0.25, 0.3) is 22.6 Å². The summed E-state index contributed by atoms with van der Waals surface area (Å²) in [7, 11) is 0. The third-order valence-electron chi connectivity index (χ3n) is 5.78. The van der Waals surface area contributed by atoms with Crippen molar-refractivity contribution in [2.75, 3.05) is 10.7 Å². The van der Waals surface area contributed by atoms with Crippen LogP contribution < -0.4 is 14.7 Å². The Morgan fingerprint density at radius 1 is 1.20 bits per heavy atom. The molecule has 1 unspecified atom stereocenters. The van der Waals surface area contributed by atoms with Crippen molar-refractivity contribution in [2.24, 2.45) is 0 Å². The normalized spacial score (nSPS) is 14.5. The second-order valence-corrected chi connectivity index (χ2v) is 9.69. The molecule has 0 N–H and O–H groups in total. The highest BCUT2D eigenvalue weighted by atomic mass is 35.5. The number of amides is 1. The van der Waals surface area contributed by atoms with E-state index in [0.29, 0.717) is 38.6 Å². The highest BCUT2D eigenvalue weighted by molar-refractivity contribution is 7.99. The molecule has 1 atom stereocenters. The van der Waals surface area contributed by atoms with Crippen molar-refractivity contribution in [3.8, 4) is 28.5 Å².